The van der Waals surface area contributed by atoms with Gasteiger partial charge in [-0.05, 0) is 86.4 Å². The summed E-state index contributed by atoms with van der Waals surface area (Å²) in [6.45, 7) is 7.62. The molecule has 0 unspecified atom stereocenters. The molecule has 2 aromatic carbocycles. The quantitative estimate of drug-likeness (QED) is 0.455. The normalized spacial score (nSPS) is 14.5. The molecule has 2 heterocycles. The Bertz CT molecular complexity index is 1050. The summed E-state index contributed by atoms with van der Waals surface area (Å²) in [7, 11) is 0. The number of carboxylic acids is 1. The second kappa shape index (κ2) is 11.7. The number of phenolic OH excluding ortho intramolecular Hbond substituents is 2. The maximum Gasteiger partial charge on any atom is 0.300 e. The van der Waals surface area contributed by atoms with Gasteiger partial charge in [0.1, 0.15) is 18.2 Å². The Morgan fingerprint density at radius 2 is 1.58 bits per heavy atom. The van der Waals surface area contributed by atoms with Gasteiger partial charge in [-0.1, -0.05) is 12.8 Å². The number of likely N-dealkylation sites (tertiary alicyclic amines) is 1. The van der Waals surface area contributed by atoms with E-state index in [1.165, 1.54) is 38.8 Å². The third-order valence-electron chi connectivity index (χ3n) is 5.91. The van der Waals surface area contributed by atoms with Crippen molar-refractivity contribution in [3.05, 3.63) is 48.0 Å². The second-order valence-corrected chi connectivity index (χ2v) is 8.46. The minimum absolute atomic E-state index is 0.250. The maximum absolute atomic E-state index is 9.96. The van der Waals surface area contributed by atoms with E-state index >= 15 is 0 Å². The van der Waals surface area contributed by atoms with Crippen molar-refractivity contribution in [3.8, 4) is 22.8 Å². The Balaban J connectivity index is 0.000000709. The number of rotatable bonds is 6. The lowest BCUT2D eigenvalue weighted by atomic mass is 10.1. The van der Waals surface area contributed by atoms with E-state index in [4.69, 9.17) is 14.6 Å². The minimum Gasteiger partial charge on any atom is -0.508 e. The van der Waals surface area contributed by atoms with Crippen LogP contribution in [0.3, 0.4) is 0 Å². The summed E-state index contributed by atoms with van der Waals surface area (Å²) in [5, 5.41) is 28.1. The summed E-state index contributed by atoms with van der Waals surface area (Å²) in [5.74, 6) is -0.322. The van der Waals surface area contributed by atoms with E-state index in [-0.39, 0.29) is 11.5 Å². The summed E-state index contributed by atoms with van der Waals surface area (Å²) in [6, 6.07) is 12.7. The number of aliphatic carboxylic acids is 1. The molecule has 1 fully saturated rings. The molecule has 0 amide bonds. The Morgan fingerprint density at radius 3 is 2.21 bits per heavy atom. The van der Waals surface area contributed by atoms with Gasteiger partial charge in [-0.2, -0.15) is 0 Å². The molecule has 0 bridgehead atoms. The van der Waals surface area contributed by atoms with Gasteiger partial charge in [0.05, 0.1) is 17.8 Å². The summed E-state index contributed by atoms with van der Waals surface area (Å²) in [6.07, 6.45) is 5.26. The molecule has 1 aromatic heterocycles. The van der Waals surface area contributed by atoms with E-state index in [0.717, 1.165) is 41.2 Å². The first-order valence-corrected chi connectivity index (χ1v) is 11.5. The molecule has 3 aromatic rings. The predicted molar refractivity (Wildman–Crippen MR) is 130 cm³/mol. The number of hydrogen-bond donors (Lipinski definition) is 3. The molecular weight excluding hydrogens is 420 g/mol. The van der Waals surface area contributed by atoms with E-state index in [1.54, 1.807) is 18.2 Å². The van der Waals surface area contributed by atoms with Crippen molar-refractivity contribution in [3.63, 3.8) is 0 Å². The first-order valence-electron chi connectivity index (χ1n) is 11.5. The van der Waals surface area contributed by atoms with Gasteiger partial charge in [0.25, 0.3) is 5.97 Å². The Labute approximate surface area is 194 Å². The molecule has 0 radical (unpaired) electrons. The van der Waals surface area contributed by atoms with Crippen molar-refractivity contribution in [1.29, 1.82) is 0 Å². The molecule has 4 rings (SSSR count). The summed E-state index contributed by atoms with van der Waals surface area (Å²) >= 11 is 0. The number of aromatic hydroxyl groups is 2. The van der Waals surface area contributed by atoms with Crippen LogP contribution in [0.2, 0.25) is 0 Å². The average molecular weight is 455 g/mol. The van der Waals surface area contributed by atoms with Gasteiger partial charge in [0, 0.05) is 18.9 Å². The third-order valence-corrected chi connectivity index (χ3v) is 5.91. The number of phenols is 2. The van der Waals surface area contributed by atoms with Crippen LogP contribution >= 0.6 is 0 Å². The topological polar surface area (TPSA) is 95.2 Å². The molecule has 1 aliphatic heterocycles. The fraction of sp³-hybridized carbons (Fsp3) is 0.423. The highest BCUT2D eigenvalue weighted by atomic mass is 16.5. The molecule has 0 aliphatic carbocycles. The van der Waals surface area contributed by atoms with Gasteiger partial charge < -0.3 is 29.5 Å². The Morgan fingerprint density at radius 1 is 0.970 bits per heavy atom. The smallest absolute Gasteiger partial charge is 0.300 e. The molecular formula is C26H34N2O5. The van der Waals surface area contributed by atoms with Crippen molar-refractivity contribution in [2.24, 2.45) is 0 Å². The lowest BCUT2D eigenvalue weighted by molar-refractivity contribution is -0.134. The minimum atomic E-state index is -0.833. The first-order chi connectivity index (χ1) is 15.9. The summed E-state index contributed by atoms with van der Waals surface area (Å²) in [5.41, 5.74) is 4.21. The number of carbonyl (C=O) groups is 1. The van der Waals surface area contributed by atoms with Crippen molar-refractivity contribution in [2.75, 3.05) is 26.2 Å². The number of nitrogens with zero attached hydrogens (tertiary/aromatic N) is 2. The van der Waals surface area contributed by atoms with Crippen molar-refractivity contribution in [2.45, 2.75) is 46.3 Å². The van der Waals surface area contributed by atoms with E-state index in [1.807, 2.05) is 24.3 Å². The van der Waals surface area contributed by atoms with Gasteiger partial charge >= 0.3 is 0 Å². The summed E-state index contributed by atoms with van der Waals surface area (Å²) < 4.78 is 8.28. The van der Waals surface area contributed by atoms with Crippen molar-refractivity contribution >= 4 is 16.9 Å². The number of fused-ring (bicyclic) bond motifs is 1. The van der Waals surface area contributed by atoms with E-state index in [2.05, 4.69) is 16.4 Å². The largest absolute Gasteiger partial charge is 0.508 e. The highest BCUT2D eigenvalue weighted by Gasteiger charge is 2.17. The van der Waals surface area contributed by atoms with Gasteiger partial charge in [-0.3, -0.25) is 4.79 Å². The summed E-state index contributed by atoms with van der Waals surface area (Å²) in [4.78, 5) is 11.5. The van der Waals surface area contributed by atoms with Crippen LogP contribution in [0.15, 0.2) is 42.5 Å². The van der Waals surface area contributed by atoms with Crippen LogP contribution in [0.25, 0.3) is 22.2 Å². The van der Waals surface area contributed by atoms with Gasteiger partial charge in [0.15, 0.2) is 0 Å². The maximum atomic E-state index is 9.96. The number of carboxylic acid groups (broad SMARTS) is 1. The molecule has 1 saturated heterocycles. The SMILES string of the molecule is CC(=O)O.Cc1c(-c2ccc(O)cc2)n(COCCN2CCCCCC2)c2ccc(O)cc12. The molecule has 0 atom stereocenters. The van der Waals surface area contributed by atoms with Crippen LogP contribution < -0.4 is 0 Å². The van der Waals surface area contributed by atoms with Crippen LogP contribution in [0.5, 0.6) is 11.5 Å². The fourth-order valence-electron chi connectivity index (χ4n) is 4.35. The van der Waals surface area contributed by atoms with Crippen LogP contribution in [-0.2, 0) is 16.3 Å². The lowest BCUT2D eigenvalue weighted by Crippen LogP contribution is -2.28. The number of ether oxygens (including phenoxy) is 1. The molecule has 0 saturated carbocycles. The molecule has 7 heteroatoms. The number of aryl methyl sites for hydroxylation is 1. The number of benzene rings is 2. The molecule has 33 heavy (non-hydrogen) atoms. The van der Waals surface area contributed by atoms with Crippen LogP contribution in [0, 0.1) is 6.92 Å². The molecule has 1 aliphatic rings. The second-order valence-electron chi connectivity index (χ2n) is 8.46. The van der Waals surface area contributed by atoms with Crippen LogP contribution in [0.1, 0.15) is 38.2 Å². The average Bonchev–Trinajstić information content (AvgIpc) is 2.92. The zero-order chi connectivity index (χ0) is 23.8. The highest BCUT2D eigenvalue weighted by molar-refractivity contribution is 5.92. The molecule has 178 valence electrons. The monoisotopic (exact) mass is 454 g/mol. The number of hydrogen-bond acceptors (Lipinski definition) is 5. The molecule has 3 N–H and O–H groups in total. The zero-order valence-corrected chi connectivity index (χ0v) is 19.5. The van der Waals surface area contributed by atoms with Crippen molar-refractivity contribution < 1.29 is 24.9 Å². The van der Waals surface area contributed by atoms with E-state index in [0.29, 0.717) is 13.3 Å². The van der Waals surface area contributed by atoms with Crippen molar-refractivity contribution in [1.82, 2.24) is 9.47 Å². The third kappa shape index (κ3) is 6.73. The van der Waals surface area contributed by atoms with E-state index < -0.39 is 5.97 Å². The Hall–Kier alpha value is -3.03. The van der Waals surface area contributed by atoms with Gasteiger partial charge in [-0.15, -0.1) is 0 Å². The molecule has 7 nitrogen and oxygen atoms in total. The van der Waals surface area contributed by atoms with Crippen LogP contribution in [-0.4, -0.2) is 57.0 Å². The zero-order valence-electron chi connectivity index (χ0n) is 19.5. The number of aromatic nitrogens is 1. The molecule has 0 spiro atoms. The first kappa shape index (κ1) is 24.6. The predicted octanol–water partition coefficient (Wildman–Crippen LogP) is 4.97. The fourth-order valence-corrected chi connectivity index (χ4v) is 4.35. The van der Waals surface area contributed by atoms with E-state index in [9.17, 15) is 10.2 Å². The lowest BCUT2D eigenvalue weighted by Gasteiger charge is -2.20. The van der Waals surface area contributed by atoms with Gasteiger partial charge in [-0.25, -0.2) is 0 Å². The standard InChI is InChI=1S/C24H30N2O3.C2H4O2/c1-18-22-16-21(28)10-11-23(22)26(24(18)19-6-8-20(27)9-7-19)17-29-15-14-25-12-4-2-3-5-13-25;1-2(3)4/h6-11,16,27-28H,2-5,12-15,17H2,1H3;1H3,(H,3,4). The Kier molecular flexibility index (Phi) is 8.74. The van der Waals surface area contributed by atoms with Gasteiger partial charge in [0.2, 0.25) is 0 Å². The van der Waals surface area contributed by atoms with Crippen LogP contribution in [0.4, 0.5) is 0 Å². The highest BCUT2D eigenvalue weighted by Crippen LogP contribution is 2.35.